The van der Waals surface area contributed by atoms with Gasteiger partial charge >= 0.3 is 11.9 Å². The lowest BCUT2D eigenvalue weighted by atomic mass is 9.79. The number of nitrogens with zero attached hydrogens (tertiary/aromatic N) is 2. The van der Waals surface area contributed by atoms with E-state index >= 15 is 0 Å². The van der Waals surface area contributed by atoms with Crippen molar-refractivity contribution in [1.29, 1.82) is 0 Å². The maximum atomic E-state index is 13.3. The van der Waals surface area contributed by atoms with Crippen LogP contribution >= 0.6 is 0 Å². The molecule has 1 aliphatic heterocycles. The van der Waals surface area contributed by atoms with E-state index in [9.17, 15) is 19.7 Å². The number of methoxy groups -OCH3 is 1. The molecule has 0 spiro atoms. The van der Waals surface area contributed by atoms with Crippen molar-refractivity contribution in [3.63, 3.8) is 0 Å². The summed E-state index contributed by atoms with van der Waals surface area (Å²) in [6.45, 7) is 7.11. The topological polar surface area (TPSA) is 108 Å². The second-order valence-electron chi connectivity index (χ2n) is 7.76. The van der Waals surface area contributed by atoms with Gasteiger partial charge < -0.3 is 19.1 Å². The number of hydrogen-bond donors (Lipinski definition) is 0. The fraction of sp³-hybridized carbons (Fsp3) is 0.308. The van der Waals surface area contributed by atoms with Crippen LogP contribution in [0.15, 0.2) is 71.1 Å². The average Bonchev–Trinajstić information content (AvgIpc) is 2.84. The Morgan fingerprint density at radius 1 is 0.943 bits per heavy atom. The maximum Gasteiger partial charge on any atom is 0.336 e. The van der Waals surface area contributed by atoms with Gasteiger partial charge in [-0.05, 0) is 45.4 Å². The Hall–Kier alpha value is -4.14. The van der Waals surface area contributed by atoms with Crippen molar-refractivity contribution in [3.05, 3.63) is 86.7 Å². The van der Waals surface area contributed by atoms with Crippen molar-refractivity contribution in [1.82, 2.24) is 0 Å². The van der Waals surface area contributed by atoms with E-state index in [4.69, 9.17) is 14.2 Å². The van der Waals surface area contributed by atoms with Crippen LogP contribution in [0.2, 0.25) is 0 Å². The van der Waals surface area contributed by atoms with Crippen LogP contribution in [-0.4, -0.2) is 37.2 Å². The average molecular weight is 481 g/mol. The smallest absolute Gasteiger partial charge is 0.336 e. The molecule has 0 fully saturated rings. The number of ether oxygens (including phenoxy) is 3. The highest BCUT2D eigenvalue weighted by Crippen LogP contribution is 2.45. The van der Waals surface area contributed by atoms with Crippen LogP contribution in [-0.2, 0) is 19.1 Å². The highest BCUT2D eigenvalue weighted by Gasteiger charge is 2.41. The number of carbonyl (C=O) groups is 2. The van der Waals surface area contributed by atoms with Crippen molar-refractivity contribution < 1.29 is 28.7 Å². The molecule has 9 nitrogen and oxygen atoms in total. The van der Waals surface area contributed by atoms with Gasteiger partial charge in [-0.25, -0.2) is 9.59 Å². The lowest BCUT2D eigenvalue weighted by Gasteiger charge is -2.38. The molecule has 184 valence electrons. The number of esters is 2. The van der Waals surface area contributed by atoms with Gasteiger partial charge in [-0.1, -0.05) is 18.2 Å². The predicted octanol–water partition coefficient (Wildman–Crippen LogP) is 4.88. The zero-order valence-corrected chi connectivity index (χ0v) is 20.4. The maximum absolute atomic E-state index is 13.3. The van der Waals surface area contributed by atoms with E-state index < -0.39 is 22.8 Å². The standard InChI is InChI=1S/C26H28N2O7/c1-6-34-25(29)22-16(3)27(19-11-9-13-21(15-19)33-5)17(4)23(26(30)35-7-2)24(22)18-10-8-12-20(14-18)28(31)32/h8-15,24H,6-7H2,1-5H3. The Balaban J connectivity index is 2.35. The molecule has 2 aromatic carbocycles. The summed E-state index contributed by atoms with van der Waals surface area (Å²) in [5, 5.41) is 11.5. The van der Waals surface area contributed by atoms with E-state index in [2.05, 4.69) is 0 Å². The number of carbonyl (C=O) groups excluding carboxylic acids is 2. The third-order valence-corrected chi connectivity index (χ3v) is 5.74. The minimum absolute atomic E-state index is 0.119. The molecule has 0 bridgehead atoms. The molecule has 2 aromatic rings. The van der Waals surface area contributed by atoms with E-state index in [-0.39, 0.29) is 30.0 Å². The zero-order chi connectivity index (χ0) is 25.7. The lowest BCUT2D eigenvalue weighted by Crippen LogP contribution is -2.35. The van der Waals surface area contributed by atoms with Crippen LogP contribution in [0.25, 0.3) is 0 Å². The summed E-state index contributed by atoms with van der Waals surface area (Å²) in [5.74, 6) is -1.57. The molecule has 1 heterocycles. The number of hydrogen-bond acceptors (Lipinski definition) is 8. The molecule has 0 aromatic heterocycles. The third-order valence-electron chi connectivity index (χ3n) is 5.74. The fourth-order valence-electron chi connectivity index (χ4n) is 4.29. The monoisotopic (exact) mass is 480 g/mol. The van der Waals surface area contributed by atoms with Crippen molar-refractivity contribution in [2.45, 2.75) is 33.6 Å². The Kier molecular flexibility index (Phi) is 7.91. The van der Waals surface area contributed by atoms with Crippen molar-refractivity contribution in [3.8, 4) is 5.75 Å². The molecule has 1 aliphatic rings. The summed E-state index contributed by atoms with van der Waals surface area (Å²) < 4.78 is 16.1. The molecule has 0 atom stereocenters. The molecule has 35 heavy (non-hydrogen) atoms. The molecule has 0 radical (unpaired) electrons. The van der Waals surface area contributed by atoms with E-state index in [1.807, 2.05) is 6.07 Å². The van der Waals surface area contributed by atoms with Crippen LogP contribution in [0, 0.1) is 10.1 Å². The number of nitro groups is 1. The Bertz CT molecular complexity index is 1170. The minimum Gasteiger partial charge on any atom is -0.497 e. The van der Waals surface area contributed by atoms with Gasteiger partial charge in [0.2, 0.25) is 0 Å². The first kappa shape index (κ1) is 25.5. The summed E-state index contributed by atoms with van der Waals surface area (Å²) in [5.41, 5.74) is 2.37. The van der Waals surface area contributed by atoms with E-state index in [0.29, 0.717) is 28.4 Å². The Labute approximate surface area is 203 Å². The number of rotatable bonds is 8. The van der Waals surface area contributed by atoms with Gasteiger partial charge in [0.05, 0.1) is 42.3 Å². The quantitative estimate of drug-likeness (QED) is 0.299. The lowest BCUT2D eigenvalue weighted by molar-refractivity contribution is -0.384. The van der Waals surface area contributed by atoms with Crippen molar-refractivity contribution in [2.75, 3.05) is 25.2 Å². The number of non-ortho nitro benzene ring substituents is 1. The van der Waals surface area contributed by atoms with Crippen LogP contribution in [0.4, 0.5) is 11.4 Å². The normalized spacial score (nSPS) is 14.1. The van der Waals surface area contributed by atoms with Crippen LogP contribution in [0.3, 0.4) is 0 Å². The first-order valence-electron chi connectivity index (χ1n) is 11.2. The number of anilines is 1. The van der Waals surface area contributed by atoms with E-state index in [1.54, 1.807) is 64.0 Å². The van der Waals surface area contributed by atoms with Crippen molar-refractivity contribution >= 4 is 23.3 Å². The third kappa shape index (κ3) is 5.03. The summed E-state index contributed by atoms with van der Waals surface area (Å²) >= 11 is 0. The molecule has 0 saturated heterocycles. The Morgan fingerprint density at radius 2 is 1.51 bits per heavy atom. The molecular weight excluding hydrogens is 452 g/mol. The first-order chi connectivity index (χ1) is 16.7. The summed E-state index contributed by atoms with van der Waals surface area (Å²) in [6.07, 6.45) is 0. The number of benzene rings is 2. The summed E-state index contributed by atoms with van der Waals surface area (Å²) in [7, 11) is 1.55. The molecule has 9 heteroatoms. The second kappa shape index (κ2) is 10.9. The molecule has 0 N–H and O–H groups in total. The molecule has 0 saturated carbocycles. The predicted molar refractivity (Wildman–Crippen MR) is 130 cm³/mol. The number of allylic oxidation sites excluding steroid dienone is 2. The van der Waals surface area contributed by atoms with Gasteiger partial charge in [0.25, 0.3) is 5.69 Å². The zero-order valence-electron chi connectivity index (χ0n) is 20.4. The van der Waals surface area contributed by atoms with Crippen LogP contribution in [0.1, 0.15) is 39.2 Å². The second-order valence-corrected chi connectivity index (χ2v) is 7.76. The highest BCUT2D eigenvalue weighted by molar-refractivity contribution is 6.01. The minimum atomic E-state index is -0.921. The van der Waals surface area contributed by atoms with Gasteiger partial charge in [0.15, 0.2) is 0 Å². The summed E-state index contributed by atoms with van der Waals surface area (Å²) in [4.78, 5) is 39.3. The molecule has 0 amide bonds. The van der Waals surface area contributed by atoms with Crippen LogP contribution in [0.5, 0.6) is 5.75 Å². The molecule has 0 unspecified atom stereocenters. The molecule has 0 aliphatic carbocycles. The van der Waals surface area contributed by atoms with E-state index in [1.165, 1.54) is 18.2 Å². The fourth-order valence-corrected chi connectivity index (χ4v) is 4.29. The first-order valence-corrected chi connectivity index (χ1v) is 11.2. The van der Waals surface area contributed by atoms with Crippen LogP contribution < -0.4 is 9.64 Å². The molecule has 3 rings (SSSR count). The Morgan fingerprint density at radius 3 is 2.03 bits per heavy atom. The highest BCUT2D eigenvalue weighted by atomic mass is 16.6. The largest absolute Gasteiger partial charge is 0.497 e. The number of nitro benzene ring substituents is 1. The van der Waals surface area contributed by atoms with E-state index in [0.717, 1.165) is 0 Å². The van der Waals surface area contributed by atoms with Gasteiger partial charge in [-0.2, -0.15) is 0 Å². The molecular formula is C26H28N2O7. The van der Waals surface area contributed by atoms with Crippen molar-refractivity contribution in [2.24, 2.45) is 0 Å². The van der Waals surface area contributed by atoms with Gasteiger partial charge in [-0.15, -0.1) is 0 Å². The van der Waals surface area contributed by atoms with Gasteiger partial charge in [0.1, 0.15) is 5.75 Å². The summed E-state index contributed by atoms with van der Waals surface area (Å²) in [6, 6.07) is 13.1. The van der Waals surface area contributed by atoms with Gasteiger partial charge in [0, 0.05) is 35.3 Å². The SMILES string of the molecule is CCOC(=O)C1=C(C)N(c2cccc(OC)c2)C(C)=C(C(=O)OCC)C1c1cccc([N+](=O)[O-])c1. The van der Waals surface area contributed by atoms with Gasteiger partial charge in [-0.3, -0.25) is 10.1 Å².